The number of nitrogens with two attached hydrogens (primary N) is 1. The molecule has 0 saturated carbocycles. The van der Waals surface area contributed by atoms with Crippen LogP contribution in [0.5, 0.6) is 0 Å². The lowest BCUT2D eigenvalue weighted by Gasteiger charge is -2.02. The van der Waals surface area contributed by atoms with E-state index in [-0.39, 0.29) is 11.3 Å². The number of anilines is 1. The minimum Gasteiger partial charge on any atom is -0.367 e. The highest BCUT2D eigenvalue weighted by molar-refractivity contribution is 5.86. The third kappa shape index (κ3) is 1.99. The SMILES string of the molecule is Cc1ccc(-c2c(-c3c[nH]ccc3=O)noc2N)cc1. The Kier molecular flexibility index (Phi) is 2.87. The van der Waals surface area contributed by atoms with Crippen LogP contribution in [0, 0.1) is 6.92 Å². The van der Waals surface area contributed by atoms with Gasteiger partial charge in [-0.25, -0.2) is 0 Å². The van der Waals surface area contributed by atoms with Crippen LogP contribution >= 0.6 is 0 Å². The second kappa shape index (κ2) is 4.70. The molecule has 0 spiro atoms. The number of hydrogen-bond acceptors (Lipinski definition) is 4. The molecule has 1 aromatic carbocycles. The Hall–Kier alpha value is -2.82. The van der Waals surface area contributed by atoms with Crippen LogP contribution in [0.25, 0.3) is 22.4 Å². The third-order valence-electron chi connectivity index (χ3n) is 3.14. The molecule has 20 heavy (non-hydrogen) atoms. The summed E-state index contributed by atoms with van der Waals surface area (Å²) in [5.41, 5.74) is 9.26. The van der Waals surface area contributed by atoms with Gasteiger partial charge < -0.3 is 15.2 Å². The summed E-state index contributed by atoms with van der Waals surface area (Å²) in [4.78, 5) is 14.8. The van der Waals surface area contributed by atoms with Crippen molar-refractivity contribution in [3.8, 4) is 22.4 Å². The first kappa shape index (κ1) is 12.2. The Morgan fingerprint density at radius 2 is 1.95 bits per heavy atom. The van der Waals surface area contributed by atoms with Crippen molar-refractivity contribution in [2.75, 3.05) is 5.73 Å². The molecule has 0 saturated heterocycles. The van der Waals surface area contributed by atoms with Crippen molar-refractivity contribution in [1.82, 2.24) is 10.1 Å². The summed E-state index contributed by atoms with van der Waals surface area (Å²) in [6.07, 6.45) is 3.16. The molecule has 3 N–H and O–H groups in total. The van der Waals surface area contributed by atoms with E-state index in [9.17, 15) is 4.79 Å². The van der Waals surface area contributed by atoms with Crippen LogP contribution in [0.3, 0.4) is 0 Å². The number of aromatic nitrogens is 2. The molecule has 5 heteroatoms. The fourth-order valence-electron chi connectivity index (χ4n) is 2.09. The zero-order chi connectivity index (χ0) is 14.1. The van der Waals surface area contributed by atoms with E-state index in [0.717, 1.165) is 11.1 Å². The fourth-order valence-corrected chi connectivity index (χ4v) is 2.09. The zero-order valence-electron chi connectivity index (χ0n) is 10.9. The molecule has 3 rings (SSSR count). The molecule has 0 radical (unpaired) electrons. The maximum Gasteiger partial charge on any atom is 0.230 e. The molecule has 5 nitrogen and oxygen atoms in total. The summed E-state index contributed by atoms with van der Waals surface area (Å²) in [7, 11) is 0. The zero-order valence-corrected chi connectivity index (χ0v) is 10.9. The van der Waals surface area contributed by atoms with Crippen molar-refractivity contribution in [2.24, 2.45) is 0 Å². The van der Waals surface area contributed by atoms with Gasteiger partial charge in [0.2, 0.25) is 5.88 Å². The molecule has 0 unspecified atom stereocenters. The lowest BCUT2D eigenvalue weighted by molar-refractivity contribution is 0.439. The first-order valence-electron chi connectivity index (χ1n) is 6.16. The average Bonchev–Trinajstić information content (AvgIpc) is 2.82. The Morgan fingerprint density at radius 3 is 2.65 bits per heavy atom. The molecule has 100 valence electrons. The molecule has 0 aliphatic rings. The van der Waals surface area contributed by atoms with Gasteiger partial charge in [-0.15, -0.1) is 0 Å². The van der Waals surface area contributed by atoms with Gasteiger partial charge in [0.15, 0.2) is 5.43 Å². The van der Waals surface area contributed by atoms with Crippen molar-refractivity contribution >= 4 is 5.88 Å². The van der Waals surface area contributed by atoms with Crippen LogP contribution in [0.4, 0.5) is 5.88 Å². The number of nitrogens with one attached hydrogen (secondary N) is 1. The summed E-state index contributed by atoms with van der Waals surface area (Å²) in [6, 6.07) is 9.25. The van der Waals surface area contributed by atoms with E-state index in [1.165, 1.54) is 6.07 Å². The number of hydrogen-bond donors (Lipinski definition) is 2. The third-order valence-corrected chi connectivity index (χ3v) is 3.14. The molecule has 0 aliphatic carbocycles. The quantitative estimate of drug-likeness (QED) is 0.747. The van der Waals surface area contributed by atoms with Crippen LogP contribution in [0.2, 0.25) is 0 Å². The molecule has 0 amide bonds. The topological polar surface area (TPSA) is 84.9 Å². The Morgan fingerprint density at radius 1 is 1.20 bits per heavy atom. The number of nitrogens with zero attached hydrogens (tertiary/aromatic N) is 1. The van der Waals surface area contributed by atoms with Crippen molar-refractivity contribution in [3.05, 3.63) is 58.5 Å². The molecular formula is C15H13N3O2. The van der Waals surface area contributed by atoms with Gasteiger partial charge in [-0.3, -0.25) is 4.79 Å². The lowest BCUT2D eigenvalue weighted by Crippen LogP contribution is -2.03. The van der Waals surface area contributed by atoms with Crippen molar-refractivity contribution < 1.29 is 4.52 Å². The number of nitrogen functional groups attached to an aromatic ring is 1. The number of rotatable bonds is 2. The van der Waals surface area contributed by atoms with Gasteiger partial charge >= 0.3 is 0 Å². The monoisotopic (exact) mass is 267 g/mol. The highest BCUT2D eigenvalue weighted by atomic mass is 16.5. The van der Waals surface area contributed by atoms with Gasteiger partial charge in [0.25, 0.3) is 0 Å². The van der Waals surface area contributed by atoms with E-state index in [4.69, 9.17) is 10.3 Å². The summed E-state index contributed by atoms with van der Waals surface area (Å²) in [5, 5.41) is 3.93. The van der Waals surface area contributed by atoms with Gasteiger partial charge in [-0.2, -0.15) is 0 Å². The molecule has 0 fully saturated rings. The first-order chi connectivity index (χ1) is 9.66. The van der Waals surface area contributed by atoms with Gasteiger partial charge in [0.1, 0.15) is 5.69 Å². The maximum absolute atomic E-state index is 11.9. The molecular weight excluding hydrogens is 254 g/mol. The average molecular weight is 267 g/mol. The van der Waals surface area contributed by atoms with E-state index in [2.05, 4.69) is 10.1 Å². The molecule has 3 aromatic rings. The van der Waals surface area contributed by atoms with Crippen molar-refractivity contribution in [3.63, 3.8) is 0 Å². The molecule has 0 aliphatic heterocycles. The summed E-state index contributed by atoms with van der Waals surface area (Å²) >= 11 is 0. The summed E-state index contributed by atoms with van der Waals surface area (Å²) < 4.78 is 5.06. The van der Waals surface area contributed by atoms with Gasteiger partial charge in [0.05, 0.1) is 11.1 Å². The minimum atomic E-state index is -0.134. The number of benzene rings is 1. The van der Waals surface area contributed by atoms with E-state index >= 15 is 0 Å². The predicted octanol–water partition coefficient (Wildman–Crippen LogP) is 2.59. The molecule has 2 aromatic heterocycles. The van der Waals surface area contributed by atoms with E-state index < -0.39 is 0 Å². The number of pyridine rings is 1. The van der Waals surface area contributed by atoms with Crippen molar-refractivity contribution in [1.29, 1.82) is 0 Å². The normalized spacial score (nSPS) is 10.7. The largest absolute Gasteiger partial charge is 0.367 e. The van der Waals surface area contributed by atoms with Gasteiger partial charge in [0, 0.05) is 18.5 Å². The first-order valence-corrected chi connectivity index (χ1v) is 6.16. The van der Waals surface area contributed by atoms with Crippen LogP contribution in [-0.2, 0) is 0 Å². The van der Waals surface area contributed by atoms with E-state index in [0.29, 0.717) is 16.8 Å². The Bertz CT molecular complexity index is 800. The van der Waals surface area contributed by atoms with Crippen LogP contribution < -0.4 is 11.2 Å². The standard InChI is InChI=1S/C15H13N3O2/c1-9-2-4-10(5-3-9)13-14(18-20-15(13)16)11-8-17-7-6-12(11)19/h2-8H,16H2,1H3,(H,17,19). The summed E-state index contributed by atoms with van der Waals surface area (Å²) in [5.74, 6) is 0.201. The Balaban J connectivity index is 2.23. The van der Waals surface area contributed by atoms with Gasteiger partial charge in [-0.1, -0.05) is 35.0 Å². The number of aryl methyl sites for hydroxylation is 1. The van der Waals surface area contributed by atoms with Crippen LogP contribution in [-0.4, -0.2) is 10.1 Å². The minimum absolute atomic E-state index is 0.134. The van der Waals surface area contributed by atoms with Crippen LogP contribution in [0.1, 0.15) is 5.56 Å². The lowest BCUT2D eigenvalue weighted by atomic mass is 10.0. The fraction of sp³-hybridized carbons (Fsp3) is 0.0667. The Labute approximate surface area is 115 Å². The summed E-state index contributed by atoms with van der Waals surface area (Å²) in [6.45, 7) is 2.00. The molecule has 0 atom stereocenters. The second-order valence-electron chi connectivity index (χ2n) is 4.56. The number of aromatic amines is 1. The van der Waals surface area contributed by atoms with E-state index in [1.54, 1.807) is 12.4 Å². The predicted molar refractivity (Wildman–Crippen MR) is 77.1 cm³/mol. The second-order valence-corrected chi connectivity index (χ2v) is 4.56. The molecule has 2 heterocycles. The van der Waals surface area contributed by atoms with Crippen molar-refractivity contribution in [2.45, 2.75) is 6.92 Å². The number of H-pyrrole nitrogens is 1. The van der Waals surface area contributed by atoms with E-state index in [1.807, 2.05) is 31.2 Å². The smallest absolute Gasteiger partial charge is 0.230 e. The highest BCUT2D eigenvalue weighted by Gasteiger charge is 2.19. The highest BCUT2D eigenvalue weighted by Crippen LogP contribution is 2.34. The van der Waals surface area contributed by atoms with Crippen LogP contribution in [0.15, 0.2) is 52.0 Å². The van der Waals surface area contributed by atoms with Gasteiger partial charge in [-0.05, 0) is 12.5 Å². The molecule has 0 bridgehead atoms. The maximum atomic E-state index is 11.9.